The fraction of sp³-hybridized carbons (Fsp3) is 0.350. The average Bonchev–Trinajstić information content (AvgIpc) is 2.65. The van der Waals surface area contributed by atoms with E-state index >= 15 is 0 Å². The van der Waals surface area contributed by atoms with E-state index < -0.39 is 18.0 Å². The summed E-state index contributed by atoms with van der Waals surface area (Å²) in [5.74, 6) is -1.22. The second-order valence-corrected chi connectivity index (χ2v) is 6.78. The summed E-state index contributed by atoms with van der Waals surface area (Å²) in [5, 5.41) is 0. The van der Waals surface area contributed by atoms with E-state index in [0.717, 1.165) is 0 Å². The Morgan fingerprint density at radius 2 is 1.58 bits per heavy atom. The van der Waals surface area contributed by atoms with Crippen LogP contribution in [0.4, 0.5) is 13.2 Å². The maximum Gasteiger partial charge on any atom is 0.393 e. The lowest BCUT2D eigenvalue weighted by molar-refractivity contribution is -0.188. The molecule has 1 saturated heterocycles. The number of hydrogen-bond donors (Lipinski definition) is 0. The van der Waals surface area contributed by atoms with Crippen LogP contribution in [0.25, 0.3) is 0 Å². The van der Waals surface area contributed by atoms with E-state index in [1.54, 1.807) is 24.3 Å². The number of alkyl halides is 3. The Labute approximate surface area is 149 Å². The van der Waals surface area contributed by atoms with Gasteiger partial charge in [-0.05, 0) is 25.0 Å². The van der Waals surface area contributed by atoms with Crippen LogP contribution < -0.4 is 4.74 Å². The topological polar surface area (TPSA) is 29.5 Å². The predicted molar refractivity (Wildman–Crippen MR) is 90.2 cm³/mol. The number of carbonyl (C=O) groups excluding carboxylic acids is 1. The molecule has 0 radical (unpaired) electrons. The molecule has 2 aliphatic rings. The van der Waals surface area contributed by atoms with E-state index in [1.807, 2.05) is 24.3 Å². The number of likely N-dealkylation sites (tertiary alicyclic amines) is 1. The molecule has 2 aromatic rings. The van der Waals surface area contributed by atoms with E-state index in [2.05, 4.69) is 0 Å². The molecular weight excluding hydrogens is 343 g/mol. The highest BCUT2D eigenvalue weighted by molar-refractivity contribution is 5.89. The Morgan fingerprint density at radius 3 is 2.15 bits per heavy atom. The number of hydrogen-bond acceptors (Lipinski definition) is 2. The summed E-state index contributed by atoms with van der Waals surface area (Å²) in [5.41, 5.74) is 1.40. The first-order valence-electron chi connectivity index (χ1n) is 8.66. The van der Waals surface area contributed by atoms with E-state index in [4.69, 9.17) is 4.74 Å². The molecule has 0 bridgehead atoms. The summed E-state index contributed by atoms with van der Waals surface area (Å²) in [7, 11) is 0. The fourth-order valence-corrected chi connectivity index (χ4v) is 3.80. The zero-order valence-corrected chi connectivity index (χ0v) is 14.0. The number of nitrogens with zero attached hydrogens (tertiary/aromatic N) is 1. The van der Waals surface area contributed by atoms with Gasteiger partial charge in [-0.1, -0.05) is 36.4 Å². The van der Waals surface area contributed by atoms with Crippen LogP contribution in [0.2, 0.25) is 0 Å². The van der Waals surface area contributed by atoms with E-state index in [1.165, 1.54) is 4.90 Å². The molecule has 2 aliphatic heterocycles. The highest BCUT2D eigenvalue weighted by atomic mass is 19.4. The van der Waals surface area contributed by atoms with Crippen LogP contribution in [-0.2, 0) is 4.79 Å². The molecule has 136 valence electrons. The molecule has 0 N–H and O–H groups in total. The highest BCUT2D eigenvalue weighted by Crippen LogP contribution is 2.45. The fourth-order valence-electron chi connectivity index (χ4n) is 3.80. The van der Waals surface area contributed by atoms with Crippen LogP contribution in [0.3, 0.4) is 0 Å². The molecule has 6 heteroatoms. The molecule has 1 atom stereocenters. The molecule has 4 rings (SSSR count). The summed E-state index contributed by atoms with van der Waals surface area (Å²) >= 11 is 0. The van der Waals surface area contributed by atoms with Crippen LogP contribution in [0.5, 0.6) is 11.5 Å². The Balaban J connectivity index is 1.70. The zero-order valence-electron chi connectivity index (χ0n) is 14.0. The van der Waals surface area contributed by atoms with Gasteiger partial charge in [0.1, 0.15) is 11.5 Å². The lowest BCUT2D eigenvalue weighted by Gasteiger charge is -2.37. The zero-order chi connectivity index (χ0) is 18.3. The third-order valence-electron chi connectivity index (χ3n) is 5.12. The normalized spacial score (nSPS) is 20.1. The van der Waals surface area contributed by atoms with Gasteiger partial charge in [0.2, 0.25) is 5.91 Å². The standard InChI is InChI=1S/C20H18F3NO2/c21-20(22,23)13-6-5-11-24(12-13)19(25)18-14-7-1-3-9-16(14)26-17-10-4-2-8-15(17)18/h1-4,7-10,13,18H,5-6,11-12H2. The van der Waals surface area contributed by atoms with Crippen LogP contribution in [0, 0.1) is 5.92 Å². The van der Waals surface area contributed by atoms with Gasteiger partial charge in [0.25, 0.3) is 0 Å². The third-order valence-corrected chi connectivity index (χ3v) is 5.12. The minimum Gasteiger partial charge on any atom is -0.457 e. The largest absolute Gasteiger partial charge is 0.457 e. The summed E-state index contributed by atoms with van der Waals surface area (Å²) in [6, 6.07) is 14.4. The molecule has 0 aliphatic carbocycles. The van der Waals surface area contributed by atoms with Gasteiger partial charge in [-0.2, -0.15) is 13.2 Å². The first-order chi connectivity index (χ1) is 12.4. The minimum atomic E-state index is -4.27. The number of para-hydroxylation sites is 2. The summed E-state index contributed by atoms with van der Waals surface area (Å²) < 4.78 is 45.3. The Morgan fingerprint density at radius 1 is 1.00 bits per heavy atom. The quantitative estimate of drug-likeness (QED) is 0.735. The van der Waals surface area contributed by atoms with Gasteiger partial charge in [-0.15, -0.1) is 0 Å². The van der Waals surface area contributed by atoms with Crippen molar-refractivity contribution >= 4 is 5.91 Å². The van der Waals surface area contributed by atoms with E-state index in [-0.39, 0.29) is 18.9 Å². The number of ether oxygens (including phenoxy) is 1. The van der Waals surface area contributed by atoms with Crippen molar-refractivity contribution in [3.8, 4) is 11.5 Å². The lowest BCUT2D eigenvalue weighted by Crippen LogP contribution is -2.46. The van der Waals surface area contributed by atoms with Gasteiger partial charge >= 0.3 is 6.18 Å². The van der Waals surface area contributed by atoms with Gasteiger partial charge in [-0.3, -0.25) is 4.79 Å². The summed E-state index contributed by atoms with van der Waals surface area (Å²) in [6.45, 7) is 0.0805. The van der Waals surface area contributed by atoms with Crippen molar-refractivity contribution in [3.05, 3.63) is 59.7 Å². The molecule has 1 unspecified atom stereocenters. The van der Waals surface area contributed by atoms with Crippen molar-refractivity contribution in [2.75, 3.05) is 13.1 Å². The van der Waals surface area contributed by atoms with Crippen molar-refractivity contribution < 1.29 is 22.7 Å². The maximum atomic E-state index is 13.3. The van der Waals surface area contributed by atoms with Crippen LogP contribution in [0.1, 0.15) is 29.9 Å². The summed E-state index contributed by atoms with van der Waals surface area (Å²) in [6.07, 6.45) is -3.83. The van der Waals surface area contributed by atoms with Gasteiger partial charge in [-0.25, -0.2) is 0 Å². The molecule has 1 fully saturated rings. The van der Waals surface area contributed by atoms with Crippen LogP contribution in [-0.4, -0.2) is 30.1 Å². The average molecular weight is 361 g/mol. The van der Waals surface area contributed by atoms with Crippen LogP contribution >= 0.6 is 0 Å². The molecule has 0 aromatic heterocycles. The number of amides is 1. The first kappa shape index (κ1) is 16.9. The van der Waals surface area contributed by atoms with Crippen molar-refractivity contribution in [1.82, 2.24) is 4.90 Å². The number of piperidine rings is 1. The molecular formula is C20H18F3NO2. The second kappa shape index (κ2) is 6.34. The molecule has 2 aromatic carbocycles. The van der Waals surface area contributed by atoms with Gasteiger partial charge in [0.05, 0.1) is 11.8 Å². The van der Waals surface area contributed by atoms with Gasteiger partial charge < -0.3 is 9.64 Å². The van der Waals surface area contributed by atoms with Gasteiger partial charge in [0.15, 0.2) is 0 Å². The second-order valence-electron chi connectivity index (χ2n) is 6.78. The molecule has 26 heavy (non-hydrogen) atoms. The maximum absolute atomic E-state index is 13.3. The minimum absolute atomic E-state index is 0.0776. The van der Waals surface area contributed by atoms with Crippen molar-refractivity contribution in [3.63, 3.8) is 0 Å². The molecule has 3 nitrogen and oxygen atoms in total. The molecule has 2 heterocycles. The Kier molecular flexibility index (Phi) is 4.13. The Bertz CT molecular complexity index is 788. The van der Waals surface area contributed by atoms with Gasteiger partial charge in [0, 0.05) is 24.2 Å². The predicted octanol–water partition coefficient (Wildman–Crippen LogP) is 4.73. The third kappa shape index (κ3) is 2.93. The lowest BCUT2D eigenvalue weighted by atomic mass is 9.86. The number of rotatable bonds is 1. The number of halogens is 3. The van der Waals surface area contributed by atoms with E-state index in [0.29, 0.717) is 35.6 Å². The number of carbonyl (C=O) groups is 1. The van der Waals surface area contributed by atoms with Crippen LogP contribution in [0.15, 0.2) is 48.5 Å². The first-order valence-corrected chi connectivity index (χ1v) is 8.66. The SMILES string of the molecule is O=C(C1c2ccccc2Oc2ccccc21)N1CCCC(C(F)(F)F)C1. The van der Waals surface area contributed by atoms with E-state index in [9.17, 15) is 18.0 Å². The molecule has 1 amide bonds. The molecule has 0 spiro atoms. The molecule has 0 saturated carbocycles. The number of benzene rings is 2. The van der Waals surface area contributed by atoms with Crippen molar-refractivity contribution in [1.29, 1.82) is 0 Å². The monoisotopic (exact) mass is 361 g/mol. The highest BCUT2D eigenvalue weighted by Gasteiger charge is 2.44. The van der Waals surface area contributed by atoms with Crippen molar-refractivity contribution in [2.24, 2.45) is 5.92 Å². The van der Waals surface area contributed by atoms with Crippen molar-refractivity contribution in [2.45, 2.75) is 24.9 Å². The smallest absolute Gasteiger partial charge is 0.393 e. The Hall–Kier alpha value is -2.50. The number of fused-ring (bicyclic) bond motifs is 2. The summed E-state index contributed by atoms with van der Waals surface area (Å²) in [4.78, 5) is 14.6.